The minimum Gasteiger partial charge on any atom is -0.493 e. The van der Waals surface area contributed by atoms with Gasteiger partial charge in [0.25, 0.3) is 5.91 Å². The van der Waals surface area contributed by atoms with Crippen LogP contribution in [0.1, 0.15) is 43.5 Å². The molecule has 0 bridgehead atoms. The van der Waals surface area contributed by atoms with Gasteiger partial charge in [0.15, 0.2) is 23.0 Å². The zero-order valence-electron chi connectivity index (χ0n) is 24.5. The minimum absolute atomic E-state index is 0.0868. The maximum atomic E-state index is 13.3. The number of carbonyl (C=O) groups excluding carboxylic acids is 1. The Kier molecular flexibility index (Phi) is 8.28. The highest BCUT2D eigenvalue weighted by Crippen LogP contribution is 2.39. The summed E-state index contributed by atoms with van der Waals surface area (Å²) in [5, 5.41) is 3.27. The number of amides is 1. The van der Waals surface area contributed by atoms with E-state index in [4.69, 9.17) is 28.9 Å². The number of benzene rings is 3. The molecule has 3 atom stereocenters. The van der Waals surface area contributed by atoms with Crippen molar-refractivity contribution < 1.29 is 23.7 Å². The maximum absolute atomic E-state index is 13.3. The third kappa shape index (κ3) is 5.64. The second-order valence-electron chi connectivity index (χ2n) is 10.6. The molecule has 5 rings (SSSR count). The van der Waals surface area contributed by atoms with Crippen LogP contribution in [0.15, 0.2) is 54.6 Å². The molecule has 214 valence electrons. The van der Waals surface area contributed by atoms with Crippen LogP contribution in [0.4, 0.5) is 0 Å². The molecular weight excluding hydrogens is 518 g/mol. The number of fused-ring (bicyclic) bond motifs is 1. The van der Waals surface area contributed by atoms with Gasteiger partial charge in [-0.25, -0.2) is 9.97 Å². The number of carbonyl (C=O) groups is 1. The fourth-order valence-electron chi connectivity index (χ4n) is 5.60. The van der Waals surface area contributed by atoms with Gasteiger partial charge in [0.2, 0.25) is 0 Å². The Balaban J connectivity index is 1.61. The Morgan fingerprint density at radius 3 is 1.83 bits per heavy atom. The molecule has 1 aromatic heterocycles. The molecule has 3 aromatic carbocycles. The summed E-state index contributed by atoms with van der Waals surface area (Å²) in [6.07, 6.45) is 3.34. The van der Waals surface area contributed by atoms with Crippen molar-refractivity contribution in [3.8, 4) is 45.5 Å². The monoisotopic (exact) mass is 555 g/mol. The van der Waals surface area contributed by atoms with E-state index in [1.165, 1.54) is 6.42 Å². The van der Waals surface area contributed by atoms with E-state index in [-0.39, 0.29) is 11.9 Å². The number of aromatic nitrogens is 2. The Hall–Kier alpha value is -4.33. The highest BCUT2D eigenvalue weighted by atomic mass is 16.5. The quantitative estimate of drug-likeness (QED) is 0.263. The largest absolute Gasteiger partial charge is 0.493 e. The Labute approximate surface area is 241 Å². The minimum atomic E-state index is -0.0868. The van der Waals surface area contributed by atoms with Crippen molar-refractivity contribution in [2.45, 2.75) is 39.2 Å². The van der Waals surface area contributed by atoms with Crippen LogP contribution in [-0.4, -0.2) is 50.4 Å². The summed E-state index contributed by atoms with van der Waals surface area (Å²) in [6, 6.07) is 16.9. The number of nitrogens with one attached hydrogen (secondary N) is 1. The average Bonchev–Trinajstić information content (AvgIpc) is 3.01. The molecule has 1 heterocycles. The number of ether oxygens (including phenoxy) is 4. The lowest BCUT2D eigenvalue weighted by molar-refractivity contribution is 0.0891. The Bertz CT molecular complexity index is 1570. The first-order valence-corrected chi connectivity index (χ1v) is 13.9. The van der Waals surface area contributed by atoms with Gasteiger partial charge < -0.3 is 24.3 Å². The molecule has 1 aliphatic rings. The summed E-state index contributed by atoms with van der Waals surface area (Å²) in [5.74, 6) is 3.34. The predicted octanol–water partition coefficient (Wildman–Crippen LogP) is 6.55. The standard InChI is InChI=1S/C33H37N3O5/c1-19-8-7-9-24(20(19)2)36-33(37)23-10-13-25-26(16-23)35-32(22-12-15-28(39-4)30(18-22)41-6)31(34-25)21-11-14-27(38-3)29(17-21)40-5/h10-20,24H,7-9H2,1-6H3,(H,36,37)/t19-,20-,24+/m0/s1. The molecular formula is C33H37N3O5. The molecule has 0 unspecified atom stereocenters. The fourth-order valence-corrected chi connectivity index (χ4v) is 5.60. The summed E-state index contributed by atoms with van der Waals surface area (Å²) < 4.78 is 22.0. The van der Waals surface area contributed by atoms with Gasteiger partial charge >= 0.3 is 0 Å². The molecule has 1 N–H and O–H groups in total. The first-order valence-electron chi connectivity index (χ1n) is 13.9. The van der Waals surface area contributed by atoms with Crippen LogP contribution < -0.4 is 24.3 Å². The van der Waals surface area contributed by atoms with Crippen LogP contribution in [0.5, 0.6) is 23.0 Å². The molecule has 1 saturated carbocycles. The molecule has 1 amide bonds. The van der Waals surface area contributed by atoms with Crippen LogP contribution in [0.2, 0.25) is 0 Å². The lowest BCUT2D eigenvalue weighted by Gasteiger charge is -2.34. The van der Waals surface area contributed by atoms with Gasteiger partial charge in [-0.05, 0) is 72.9 Å². The predicted molar refractivity (Wildman–Crippen MR) is 160 cm³/mol. The van der Waals surface area contributed by atoms with E-state index in [0.717, 1.165) is 24.0 Å². The summed E-state index contributed by atoms with van der Waals surface area (Å²) >= 11 is 0. The molecule has 8 heteroatoms. The average molecular weight is 556 g/mol. The van der Waals surface area contributed by atoms with Gasteiger partial charge in [-0.3, -0.25) is 4.79 Å². The molecule has 0 radical (unpaired) electrons. The summed E-state index contributed by atoms with van der Waals surface area (Å²) in [4.78, 5) is 23.4. The van der Waals surface area contributed by atoms with Crippen molar-refractivity contribution in [3.63, 3.8) is 0 Å². The summed E-state index contributed by atoms with van der Waals surface area (Å²) in [6.45, 7) is 4.49. The van der Waals surface area contributed by atoms with Crippen molar-refractivity contribution >= 4 is 16.9 Å². The molecule has 1 fully saturated rings. The van der Waals surface area contributed by atoms with Crippen LogP contribution >= 0.6 is 0 Å². The number of rotatable bonds is 8. The zero-order chi connectivity index (χ0) is 29.1. The second kappa shape index (κ2) is 12.0. The van der Waals surface area contributed by atoms with Gasteiger partial charge in [0.1, 0.15) is 0 Å². The van der Waals surface area contributed by atoms with E-state index < -0.39 is 0 Å². The topological polar surface area (TPSA) is 91.8 Å². The van der Waals surface area contributed by atoms with Crippen LogP contribution in [-0.2, 0) is 0 Å². The van der Waals surface area contributed by atoms with Crippen LogP contribution in [0.3, 0.4) is 0 Å². The number of methoxy groups -OCH3 is 4. The van der Waals surface area contributed by atoms with E-state index in [2.05, 4.69) is 19.2 Å². The molecule has 1 aliphatic carbocycles. The zero-order valence-corrected chi connectivity index (χ0v) is 24.5. The highest BCUT2D eigenvalue weighted by molar-refractivity contribution is 5.98. The van der Waals surface area contributed by atoms with Gasteiger partial charge in [-0.2, -0.15) is 0 Å². The molecule has 4 aromatic rings. The van der Waals surface area contributed by atoms with Crippen molar-refractivity contribution in [1.82, 2.24) is 15.3 Å². The molecule has 0 aliphatic heterocycles. The normalized spacial score (nSPS) is 18.5. The van der Waals surface area contributed by atoms with Gasteiger partial charge in [0.05, 0.1) is 50.9 Å². The van der Waals surface area contributed by atoms with E-state index >= 15 is 0 Å². The van der Waals surface area contributed by atoms with Crippen molar-refractivity contribution in [3.05, 3.63) is 60.2 Å². The van der Waals surface area contributed by atoms with Crippen molar-refractivity contribution in [1.29, 1.82) is 0 Å². The first-order chi connectivity index (χ1) is 19.9. The molecule has 8 nitrogen and oxygen atoms in total. The third-order valence-electron chi connectivity index (χ3n) is 8.26. The van der Waals surface area contributed by atoms with Gasteiger partial charge in [-0.15, -0.1) is 0 Å². The van der Waals surface area contributed by atoms with Gasteiger partial charge in [0, 0.05) is 22.7 Å². The molecule has 41 heavy (non-hydrogen) atoms. The number of hydrogen-bond acceptors (Lipinski definition) is 7. The first kappa shape index (κ1) is 28.2. The van der Waals surface area contributed by atoms with Crippen molar-refractivity contribution in [2.24, 2.45) is 11.8 Å². The van der Waals surface area contributed by atoms with E-state index in [9.17, 15) is 4.79 Å². The van der Waals surface area contributed by atoms with E-state index in [1.807, 2.05) is 54.6 Å². The molecule has 0 spiro atoms. The Morgan fingerprint density at radius 1 is 0.707 bits per heavy atom. The highest BCUT2D eigenvalue weighted by Gasteiger charge is 2.28. The maximum Gasteiger partial charge on any atom is 0.251 e. The SMILES string of the molecule is COc1ccc(-c2nc3ccc(C(=O)N[C@@H]4CCC[C@H](C)[C@@H]4C)cc3nc2-c2ccc(OC)c(OC)c2)cc1OC. The summed E-state index contributed by atoms with van der Waals surface area (Å²) in [7, 11) is 6.40. The third-order valence-corrected chi connectivity index (χ3v) is 8.26. The van der Waals surface area contributed by atoms with Gasteiger partial charge in [-0.1, -0.05) is 26.7 Å². The smallest absolute Gasteiger partial charge is 0.251 e. The lowest BCUT2D eigenvalue weighted by Crippen LogP contribution is -2.43. The molecule has 0 saturated heterocycles. The number of nitrogens with zero attached hydrogens (tertiary/aromatic N) is 2. The number of hydrogen-bond donors (Lipinski definition) is 1. The van der Waals surface area contributed by atoms with Crippen LogP contribution in [0, 0.1) is 11.8 Å². The van der Waals surface area contributed by atoms with E-state index in [0.29, 0.717) is 62.8 Å². The van der Waals surface area contributed by atoms with Crippen molar-refractivity contribution in [2.75, 3.05) is 28.4 Å². The lowest BCUT2D eigenvalue weighted by atomic mass is 9.78. The van der Waals surface area contributed by atoms with E-state index in [1.54, 1.807) is 28.4 Å². The fraction of sp³-hybridized carbons (Fsp3) is 0.364. The summed E-state index contributed by atoms with van der Waals surface area (Å²) in [5.41, 5.74) is 4.76. The van der Waals surface area contributed by atoms with Crippen LogP contribution in [0.25, 0.3) is 33.5 Å². The Morgan fingerprint density at radius 2 is 1.27 bits per heavy atom. The second-order valence-corrected chi connectivity index (χ2v) is 10.6.